The van der Waals surface area contributed by atoms with E-state index in [4.69, 9.17) is 0 Å². The Labute approximate surface area is 142 Å². The maximum Gasteiger partial charge on any atom is 0.130 e. The van der Waals surface area contributed by atoms with E-state index in [0.29, 0.717) is 5.92 Å². The summed E-state index contributed by atoms with van der Waals surface area (Å²) in [4.78, 5) is 6.96. The second kappa shape index (κ2) is 5.76. The molecular formula is C20H24N4. The van der Waals surface area contributed by atoms with E-state index >= 15 is 0 Å². The van der Waals surface area contributed by atoms with E-state index in [9.17, 15) is 0 Å². The second-order valence-electron chi connectivity index (χ2n) is 7.42. The van der Waals surface area contributed by atoms with Crippen molar-refractivity contribution in [3.63, 3.8) is 0 Å². The molecule has 1 saturated heterocycles. The fourth-order valence-corrected chi connectivity index (χ4v) is 4.29. The van der Waals surface area contributed by atoms with Gasteiger partial charge in [0.25, 0.3) is 0 Å². The van der Waals surface area contributed by atoms with Gasteiger partial charge < -0.3 is 4.90 Å². The Kier molecular flexibility index (Phi) is 3.42. The van der Waals surface area contributed by atoms with Gasteiger partial charge in [0.05, 0.1) is 17.2 Å². The number of hydrogen-bond donors (Lipinski definition) is 0. The molecule has 2 fully saturated rings. The maximum absolute atomic E-state index is 4.68. The van der Waals surface area contributed by atoms with Crippen molar-refractivity contribution in [2.75, 3.05) is 18.0 Å². The van der Waals surface area contributed by atoms with Gasteiger partial charge in [0.1, 0.15) is 5.82 Å². The predicted octanol–water partition coefficient (Wildman–Crippen LogP) is 2.25. The van der Waals surface area contributed by atoms with Crippen molar-refractivity contribution >= 4 is 18.0 Å². The normalized spacial score (nSPS) is 23.3. The van der Waals surface area contributed by atoms with Gasteiger partial charge in [-0.1, -0.05) is 18.6 Å². The van der Waals surface area contributed by atoms with Gasteiger partial charge in [-0.25, -0.2) is 9.67 Å². The molecular weight excluding hydrogens is 296 g/mol. The summed E-state index contributed by atoms with van der Waals surface area (Å²) in [5, 5.41) is 7.24. The van der Waals surface area contributed by atoms with Crippen LogP contribution >= 0.6 is 0 Å². The Hall–Kier alpha value is -2.10. The Bertz CT molecular complexity index is 856. The summed E-state index contributed by atoms with van der Waals surface area (Å²) in [7, 11) is 0. The lowest BCUT2D eigenvalue weighted by molar-refractivity contribution is 0.255. The number of fused-ring (bicyclic) bond motifs is 1. The summed E-state index contributed by atoms with van der Waals surface area (Å²) >= 11 is 0. The van der Waals surface area contributed by atoms with Crippen molar-refractivity contribution in [3.05, 3.63) is 35.1 Å². The van der Waals surface area contributed by atoms with Crippen LogP contribution in [0.25, 0.3) is 17.8 Å². The van der Waals surface area contributed by atoms with Gasteiger partial charge >= 0.3 is 0 Å². The molecule has 1 unspecified atom stereocenters. The molecule has 3 heterocycles. The van der Waals surface area contributed by atoms with Gasteiger partial charge in [0.15, 0.2) is 0 Å². The smallest absolute Gasteiger partial charge is 0.130 e. The van der Waals surface area contributed by atoms with E-state index in [1.165, 1.54) is 49.1 Å². The van der Waals surface area contributed by atoms with Crippen LogP contribution < -0.4 is 15.5 Å². The van der Waals surface area contributed by atoms with Crippen LogP contribution in [0, 0.1) is 11.8 Å². The quantitative estimate of drug-likeness (QED) is 0.870. The van der Waals surface area contributed by atoms with Crippen LogP contribution in [-0.4, -0.2) is 27.9 Å². The topological polar surface area (TPSA) is 34.0 Å². The van der Waals surface area contributed by atoms with Crippen molar-refractivity contribution in [1.29, 1.82) is 0 Å². The van der Waals surface area contributed by atoms with Gasteiger partial charge in [-0.15, -0.1) is 0 Å². The molecule has 4 heteroatoms. The van der Waals surface area contributed by atoms with Crippen LogP contribution in [0.1, 0.15) is 38.5 Å². The number of rotatable bonds is 3. The van der Waals surface area contributed by atoms with Crippen molar-refractivity contribution < 1.29 is 0 Å². The molecule has 0 aromatic carbocycles. The third-order valence-corrected chi connectivity index (χ3v) is 5.98. The molecule has 3 aliphatic rings. The zero-order chi connectivity index (χ0) is 15.9. The van der Waals surface area contributed by atoms with Crippen molar-refractivity contribution in [2.24, 2.45) is 11.8 Å². The van der Waals surface area contributed by atoms with E-state index < -0.39 is 0 Å². The molecule has 5 rings (SSSR count). The van der Waals surface area contributed by atoms with E-state index in [1.54, 1.807) is 0 Å². The highest BCUT2D eigenvalue weighted by Crippen LogP contribution is 2.36. The molecule has 1 aliphatic heterocycles. The first-order valence-electron chi connectivity index (χ1n) is 9.36. The van der Waals surface area contributed by atoms with Crippen LogP contribution in [0.15, 0.2) is 24.5 Å². The van der Waals surface area contributed by atoms with Gasteiger partial charge in [-0.05, 0) is 50.0 Å². The van der Waals surface area contributed by atoms with E-state index in [2.05, 4.69) is 43.9 Å². The summed E-state index contributed by atoms with van der Waals surface area (Å²) < 4.78 is 2.11. The van der Waals surface area contributed by atoms with Crippen molar-refractivity contribution in [1.82, 2.24) is 14.8 Å². The molecule has 0 radical (unpaired) electrons. The fraction of sp³-hybridized carbons (Fsp3) is 0.500. The highest BCUT2D eigenvalue weighted by molar-refractivity contribution is 5.49. The summed E-state index contributed by atoms with van der Waals surface area (Å²) in [5.74, 6) is 2.67. The predicted molar refractivity (Wildman–Crippen MR) is 96.4 cm³/mol. The molecule has 1 atom stereocenters. The maximum atomic E-state index is 4.68. The van der Waals surface area contributed by atoms with Crippen LogP contribution in [0.5, 0.6) is 0 Å². The van der Waals surface area contributed by atoms with E-state index in [0.717, 1.165) is 30.5 Å². The molecule has 0 spiro atoms. The minimum atomic E-state index is 0.696. The Morgan fingerprint density at radius 2 is 1.96 bits per heavy atom. The fourth-order valence-electron chi connectivity index (χ4n) is 4.29. The lowest BCUT2D eigenvalue weighted by atomic mass is 9.73. The zero-order valence-electron chi connectivity index (χ0n) is 14.1. The standard InChI is InChI=1S/C20H24N4/c1-2-11-23(10-1)20-13-18(8-9-21-20)24-19-12-16(15-4-3-5-15)6-7-17(19)14-22-24/h7-9,12-16H,1-6,10-11H2. The number of pyridine rings is 1. The molecule has 2 aliphatic carbocycles. The lowest BCUT2D eigenvalue weighted by Gasteiger charge is -2.32. The van der Waals surface area contributed by atoms with Gasteiger partial charge in [-0.2, -0.15) is 5.10 Å². The first-order valence-corrected chi connectivity index (χ1v) is 9.36. The van der Waals surface area contributed by atoms with E-state index in [1.807, 2.05) is 12.4 Å². The summed E-state index contributed by atoms with van der Waals surface area (Å²) in [6.45, 7) is 2.24. The minimum absolute atomic E-state index is 0.696. The Balaban J connectivity index is 1.54. The summed E-state index contributed by atoms with van der Waals surface area (Å²) in [6, 6.07) is 4.27. The SMILES string of the molecule is C1=c2cnn(-c3ccnc(N4CCCC4)c3)c2=CC(C2CCC2)C1. The highest BCUT2D eigenvalue weighted by Gasteiger charge is 2.26. The molecule has 0 bridgehead atoms. The average Bonchev–Trinajstić information content (AvgIpc) is 3.23. The zero-order valence-corrected chi connectivity index (χ0v) is 14.1. The van der Waals surface area contributed by atoms with Crippen molar-refractivity contribution in [2.45, 2.75) is 38.5 Å². The highest BCUT2D eigenvalue weighted by atomic mass is 15.3. The average molecular weight is 320 g/mol. The Morgan fingerprint density at radius 3 is 2.75 bits per heavy atom. The summed E-state index contributed by atoms with van der Waals surface area (Å²) in [5.41, 5.74) is 1.13. The van der Waals surface area contributed by atoms with Gasteiger partial charge in [0.2, 0.25) is 0 Å². The first kappa shape index (κ1) is 14.3. The molecule has 2 aromatic rings. The van der Waals surface area contributed by atoms with E-state index in [-0.39, 0.29) is 0 Å². The van der Waals surface area contributed by atoms with Gasteiger partial charge in [-0.3, -0.25) is 0 Å². The number of aromatic nitrogens is 3. The second-order valence-corrected chi connectivity index (χ2v) is 7.42. The van der Waals surface area contributed by atoms with Crippen LogP contribution in [0.4, 0.5) is 5.82 Å². The molecule has 0 amide bonds. The third kappa shape index (κ3) is 2.36. The number of anilines is 1. The Morgan fingerprint density at radius 1 is 1.08 bits per heavy atom. The van der Waals surface area contributed by atoms with Crippen LogP contribution in [0.2, 0.25) is 0 Å². The molecule has 24 heavy (non-hydrogen) atoms. The van der Waals surface area contributed by atoms with Crippen LogP contribution in [-0.2, 0) is 0 Å². The minimum Gasteiger partial charge on any atom is -0.357 e. The molecule has 124 valence electrons. The third-order valence-electron chi connectivity index (χ3n) is 5.98. The molecule has 2 aromatic heterocycles. The number of hydrogen-bond acceptors (Lipinski definition) is 3. The largest absolute Gasteiger partial charge is 0.357 e. The first-order chi connectivity index (χ1) is 11.9. The van der Waals surface area contributed by atoms with Crippen molar-refractivity contribution in [3.8, 4) is 5.69 Å². The monoisotopic (exact) mass is 320 g/mol. The number of nitrogens with zero attached hydrogens (tertiary/aromatic N) is 4. The lowest BCUT2D eigenvalue weighted by Crippen LogP contribution is -2.35. The molecule has 0 N–H and O–H groups in total. The van der Waals surface area contributed by atoms with Crippen LogP contribution in [0.3, 0.4) is 0 Å². The molecule has 4 nitrogen and oxygen atoms in total. The molecule has 1 saturated carbocycles. The van der Waals surface area contributed by atoms with Gasteiger partial charge in [0, 0.05) is 30.6 Å². The summed E-state index contributed by atoms with van der Waals surface area (Å²) in [6.07, 6.45) is 16.7.